The maximum atomic E-state index is 12.9. The largest absolute Gasteiger partial charge is 0.373 e. The second-order valence-corrected chi connectivity index (χ2v) is 10.9. The van der Waals surface area contributed by atoms with Crippen LogP contribution in [0.15, 0.2) is 24.3 Å². The molecule has 1 aromatic carbocycles. The van der Waals surface area contributed by atoms with E-state index >= 15 is 0 Å². The molecule has 0 aliphatic carbocycles. The molecular formula is C33H58N2O2. The van der Waals surface area contributed by atoms with Gasteiger partial charge in [0.15, 0.2) is 5.78 Å². The molecule has 37 heavy (non-hydrogen) atoms. The average molecular weight is 515 g/mol. The minimum atomic E-state index is -0.371. The number of anilines is 1. The summed E-state index contributed by atoms with van der Waals surface area (Å²) >= 11 is 0. The lowest BCUT2D eigenvalue weighted by Crippen LogP contribution is -2.38. The van der Waals surface area contributed by atoms with Gasteiger partial charge in [0.1, 0.15) is 6.04 Å². The number of unbranched alkanes of at least 4 members (excludes halogenated alkanes) is 17. The molecule has 212 valence electrons. The number of nitrogens with one attached hydrogen (secondary N) is 2. The van der Waals surface area contributed by atoms with Gasteiger partial charge in [-0.25, -0.2) is 0 Å². The second-order valence-electron chi connectivity index (χ2n) is 10.9. The van der Waals surface area contributed by atoms with Gasteiger partial charge in [0.2, 0.25) is 5.91 Å². The maximum Gasteiger partial charge on any atom is 0.242 e. The number of amides is 1. The van der Waals surface area contributed by atoms with Gasteiger partial charge in [0.05, 0.1) is 0 Å². The number of hydrogen-bond donors (Lipinski definition) is 2. The van der Waals surface area contributed by atoms with E-state index in [9.17, 15) is 9.59 Å². The average Bonchev–Trinajstić information content (AvgIpc) is 2.90. The van der Waals surface area contributed by atoms with Crippen molar-refractivity contribution in [2.24, 2.45) is 0 Å². The van der Waals surface area contributed by atoms with E-state index in [-0.39, 0.29) is 17.7 Å². The minimum absolute atomic E-state index is 0.00267. The van der Waals surface area contributed by atoms with E-state index in [4.69, 9.17) is 0 Å². The lowest BCUT2D eigenvalue weighted by molar-refractivity contribution is -0.121. The van der Waals surface area contributed by atoms with Gasteiger partial charge in [-0.2, -0.15) is 0 Å². The molecule has 0 saturated carbocycles. The van der Waals surface area contributed by atoms with Gasteiger partial charge in [0, 0.05) is 24.2 Å². The van der Waals surface area contributed by atoms with Gasteiger partial charge < -0.3 is 10.6 Å². The minimum Gasteiger partial charge on any atom is -0.373 e. The SMILES string of the molecule is CCCCCCCCCCCCNC(=O)[C@H](C)Nc1ccccc1C(=O)CCCCCCCCCCC. The van der Waals surface area contributed by atoms with Crippen LogP contribution in [0.5, 0.6) is 0 Å². The molecule has 0 radical (unpaired) electrons. The van der Waals surface area contributed by atoms with Crippen LogP contribution in [0.1, 0.15) is 160 Å². The Hall–Kier alpha value is -1.84. The van der Waals surface area contributed by atoms with Crippen molar-refractivity contribution in [2.75, 3.05) is 11.9 Å². The van der Waals surface area contributed by atoms with E-state index in [0.29, 0.717) is 12.0 Å². The summed E-state index contributed by atoms with van der Waals surface area (Å²) in [6, 6.07) is 7.25. The molecular weight excluding hydrogens is 456 g/mol. The van der Waals surface area contributed by atoms with Crippen molar-refractivity contribution in [3.8, 4) is 0 Å². The van der Waals surface area contributed by atoms with E-state index in [2.05, 4.69) is 24.5 Å². The monoisotopic (exact) mass is 514 g/mol. The summed E-state index contributed by atoms with van der Waals surface area (Å²) in [4.78, 5) is 25.5. The molecule has 0 unspecified atom stereocenters. The van der Waals surface area contributed by atoms with Crippen LogP contribution in [0.4, 0.5) is 5.69 Å². The molecule has 0 heterocycles. The van der Waals surface area contributed by atoms with Crippen molar-refractivity contribution in [3.05, 3.63) is 29.8 Å². The Balaban J connectivity index is 2.22. The molecule has 0 fully saturated rings. The van der Waals surface area contributed by atoms with Crippen LogP contribution in [0, 0.1) is 0 Å². The van der Waals surface area contributed by atoms with Crippen molar-refractivity contribution >= 4 is 17.4 Å². The standard InChI is InChI=1S/C33H58N2O2/c1-4-6-8-10-12-14-16-18-20-24-28-34-33(37)29(3)35-31-26-23-22-25-30(31)32(36)27-21-19-17-15-13-11-9-7-5-2/h22-23,25-26,29,35H,4-21,24,27-28H2,1-3H3,(H,34,37)/t29-/m0/s1. The summed E-state index contributed by atoms with van der Waals surface area (Å²) in [5, 5.41) is 6.34. The van der Waals surface area contributed by atoms with E-state index in [0.717, 1.165) is 31.5 Å². The van der Waals surface area contributed by atoms with Crippen LogP contribution in [-0.4, -0.2) is 24.3 Å². The number of benzene rings is 1. The Bertz CT molecular complexity index is 703. The molecule has 0 aromatic heterocycles. The van der Waals surface area contributed by atoms with Crippen molar-refractivity contribution in [1.82, 2.24) is 5.32 Å². The number of ketones is 1. The van der Waals surface area contributed by atoms with E-state index in [1.54, 1.807) is 0 Å². The summed E-state index contributed by atoms with van der Waals surface area (Å²) in [6.45, 7) is 7.10. The molecule has 0 saturated heterocycles. The van der Waals surface area contributed by atoms with Gasteiger partial charge in [-0.1, -0.05) is 135 Å². The zero-order chi connectivity index (χ0) is 27.0. The Kier molecular flexibility index (Phi) is 20.9. The highest BCUT2D eigenvalue weighted by Gasteiger charge is 2.16. The van der Waals surface area contributed by atoms with Gasteiger partial charge in [-0.05, 0) is 31.9 Å². The zero-order valence-corrected chi connectivity index (χ0v) is 24.6. The van der Waals surface area contributed by atoms with Gasteiger partial charge in [0.25, 0.3) is 0 Å². The van der Waals surface area contributed by atoms with E-state index in [1.165, 1.54) is 103 Å². The number of hydrogen-bond acceptors (Lipinski definition) is 3. The second kappa shape index (κ2) is 23.3. The third-order valence-corrected chi connectivity index (χ3v) is 7.33. The van der Waals surface area contributed by atoms with Crippen LogP contribution in [-0.2, 0) is 4.79 Å². The lowest BCUT2D eigenvalue weighted by Gasteiger charge is -2.17. The number of para-hydroxylation sites is 1. The van der Waals surface area contributed by atoms with Crippen LogP contribution in [0.3, 0.4) is 0 Å². The van der Waals surface area contributed by atoms with Gasteiger partial charge >= 0.3 is 0 Å². The Morgan fingerprint density at radius 3 is 1.65 bits per heavy atom. The van der Waals surface area contributed by atoms with Crippen molar-refractivity contribution in [2.45, 2.75) is 155 Å². The Morgan fingerprint density at radius 2 is 1.11 bits per heavy atom. The first kappa shape index (κ1) is 33.2. The van der Waals surface area contributed by atoms with Crippen molar-refractivity contribution in [3.63, 3.8) is 0 Å². The predicted molar refractivity (Wildman–Crippen MR) is 161 cm³/mol. The van der Waals surface area contributed by atoms with Crippen LogP contribution in [0.25, 0.3) is 0 Å². The van der Waals surface area contributed by atoms with Gasteiger partial charge in [-0.15, -0.1) is 0 Å². The van der Waals surface area contributed by atoms with Crippen molar-refractivity contribution in [1.29, 1.82) is 0 Å². The smallest absolute Gasteiger partial charge is 0.242 e. The number of carbonyl (C=O) groups excluding carboxylic acids is 2. The molecule has 1 atom stereocenters. The summed E-state index contributed by atoms with van der Waals surface area (Å²) in [7, 11) is 0. The normalized spacial score (nSPS) is 11.9. The summed E-state index contributed by atoms with van der Waals surface area (Å²) in [5.41, 5.74) is 1.47. The highest BCUT2D eigenvalue weighted by Crippen LogP contribution is 2.20. The summed E-state index contributed by atoms with van der Waals surface area (Å²) in [6.07, 6.45) is 24.7. The van der Waals surface area contributed by atoms with Crippen molar-refractivity contribution < 1.29 is 9.59 Å². The molecule has 1 aromatic rings. The molecule has 1 amide bonds. The van der Waals surface area contributed by atoms with Crippen LogP contribution in [0.2, 0.25) is 0 Å². The first-order valence-electron chi connectivity index (χ1n) is 15.8. The third-order valence-electron chi connectivity index (χ3n) is 7.33. The fourth-order valence-corrected chi connectivity index (χ4v) is 4.86. The highest BCUT2D eigenvalue weighted by atomic mass is 16.2. The maximum absolute atomic E-state index is 12.9. The van der Waals surface area contributed by atoms with Crippen LogP contribution < -0.4 is 10.6 Å². The molecule has 2 N–H and O–H groups in total. The van der Waals surface area contributed by atoms with Crippen LogP contribution >= 0.6 is 0 Å². The highest BCUT2D eigenvalue weighted by molar-refractivity contribution is 6.01. The molecule has 0 spiro atoms. The number of Topliss-reactive ketones (excluding diaryl/α,β-unsaturated/α-hetero) is 1. The molecule has 0 aliphatic rings. The quantitative estimate of drug-likeness (QED) is 0.101. The Morgan fingerprint density at radius 1 is 0.649 bits per heavy atom. The predicted octanol–water partition coefficient (Wildman–Crippen LogP) is 9.63. The molecule has 4 nitrogen and oxygen atoms in total. The molecule has 4 heteroatoms. The zero-order valence-electron chi connectivity index (χ0n) is 24.6. The molecule has 1 rings (SSSR count). The topological polar surface area (TPSA) is 58.2 Å². The fraction of sp³-hybridized carbons (Fsp3) is 0.758. The summed E-state index contributed by atoms with van der Waals surface area (Å²) < 4.78 is 0. The first-order valence-corrected chi connectivity index (χ1v) is 15.8. The van der Waals surface area contributed by atoms with E-state index in [1.807, 2.05) is 31.2 Å². The lowest BCUT2D eigenvalue weighted by atomic mass is 10.0. The summed E-state index contributed by atoms with van der Waals surface area (Å²) in [5.74, 6) is 0.168. The molecule has 0 bridgehead atoms. The fourth-order valence-electron chi connectivity index (χ4n) is 4.86. The number of rotatable bonds is 25. The van der Waals surface area contributed by atoms with Gasteiger partial charge in [-0.3, -0.25) is 9.59 Å². The first-order chi connectivity index (χ1) is 18.1. The third kappa shape index (κ3) is 17.3. The molecule has 0 aliphatic heterocycles. The van der Waals surface area contributed by atoms with E-state index < -0.39 is 0 Å². The number of carbonyl (C=O) groups is 2. The Labute approximate surface area is 229 Å².